The average molecular weight is 206 g/mol. The molecule has 0 atom stereocenters. The minimum atomic E-state index is -0.520. The van der Waals surface area contributed by atoms with Crippen LogP contribution in [0.4, 0.5) is 0 Å². The normalized spacial score (nSPS) is 10.3. The maximum Gasteiger partial charge on any atom is 0.213 e. The summed E-state index contributed by atoms with van der Waals surface area (Å²) in [7, 11) is 0. The Bertz CT molecular complexity index is 235. The maximum absolute atomic E-state index is 5.62. The van der Waals surface area contributed by atoms with Crippen molar-refractivity contribution in [2.75, 3.05) is 6.61 Å². The highest BCUT2D eigenvalue weighted by molar-refractivity contribution is 6.44. The summed E-state index contributed by atoms with van der Waals surface area (Å²) in [4.78, 5) is 3.48. The molecule has 0 fully saturated rings. The lowest BCUT2D eigenvalue weighted by Gasteiger charge is -2.03. The summed E-state index contributed by atoms with van der Waals surface area (Å²) in [5.41, 5.74) is 0.779. The maximum atomic E-state index is 5.62. The molecule has 0 aromatic carbocycles. The van der Waals surface area contributed by atoms with Crippen LogP contribution in [0.15, 0.2) is 18.3 Å². The molecule has 1 aromatic heterocycles. The van der Waals surface area contributed by atoms with Gasteiger partial charge in [-0.1, -0.05) is 0 Å². The molecule has 1 heterocycles. The Morgan fingerprint density at radius 3 is 2.67 bits per heavy atom. The zero-order valence-corrected chi connectivity index (χ0v) is 8.14. The second-order valence-electron chi connectivity index (χ2n) is 2.16. The van der Waals surface area contributed by atoms with Crippen LogP contribution in [0.3, 0.4) is 0 Å². The molecule has 66 valence electrons. The van der Waals surface area contributed by atoms with Gasteiger partial charge in [0.2, 0.25) is 5.88 Å². The molecule has 1 rings (SSSR count). The standard InChI is InChI=1S/C8H9Cl2NO/c1-2-12-7-4-3-6(5-11-7)8(9)10/h3-5,8H,2H2,1H3. The van der Waals surface area contributed by atoms with Crippen molar-refractivity contribution in [3.8, 4) is 5.88 Å². The van der Waals surface area contributed by atoms with E-state index in [1.807, 2.05) is 6.92 Å². The Labute approximate surface area is 81.5 Å². The van der Waals surface area contributed by atoms with Gasteiger partial charge in [-0.15, -0.1) is 23.2 Å². The predicted octanol–water partition coefficient (Wildman–Crippen LogP) is 2.96. The summed E-state index contributed by atoms with van der Waals surface area (Å²) in [5.74, 6) is 0.593. The molecule has 0 saturated heterocycles. The van der Waals surface area contributed by atoms with E-state index >= 15 is 0 Å². The van der Waals surface area contributed by atoms with E-state index < -0.39 is 4.84 Å². The van der Waals surface area contributed by atoms with Crippen molar-refractivity contribution >= 4 is 23.2 Å². The van der Waals surface area contributed by atoms with Crippen molar-refractivity contribution in [2.45, 2.75) is 11.8 Å². The molecule has 1 aromatic rings. The summed E-state index contributed by atoms with van der Waals surface area (Å²) in [5, 5.41) is 0. The molecule has 0 spiro atoms. The van der Waals surface area contributed by atoms with Gasteiger partial charge in [0, 0.05) is 17.8 Å². The van der Waals surface area contributed by atoms with Gasteiger partial charge in [-0.05, 0) is 13.0 Å². The third kappa shape index (κ3) is 2.54. The molecule has 2 nitrogen and oxygen atoms in total. The van der Waals surface area contributed by atoms with Crippen LogP contribution in [-0.2, 0) is 0 Å². The van der Waals surface area contributed by atoms with Crippen molar-refractivity contribution in [2.24, 2.45) is 0 Å². The largest absolute Gasteiger partial charge is 0.478 e. The quantitative estimate of drug-likeness (QED) is 0.709. The zero-order chi connectivity index (χ0) is 8.97. The number of halogens is 2. The van der Waals surface area contributed by atoms with Crippen LogP contribution in [0.5, 0.6) is 5.88 Å². The zero-order valence-electron chi connectivity index (χ0n) is 6.63. The lowest BCUT2D eigenvalue weighted by molar-refractivity contribution is 0.326. The molecule has 0 amide bonds. The minimum Gasteiger partial charge on any atom is -0.478 e. The Kier molecular flexibility index (Phi) is 3.63. The lowest BCUT2D eigenvalue weighted by atomic mass is 10.3. The van der Waals surface area contributed by atoms with Gasteiger partial charge >= 0.3 is 0 Å². The van der Waals surface area contributed by atoms with Gasteiger partial charge in [0.15, 0.2) is 0 Å². The lowest BCUT2D eigenvalue weighted by Crippen LogP contribution is -1.94. The Balaban J connectivity index is 2.71. The highest BCUT2D eigenvalue weighted by atomic mass is 35.5. The van der Waals surface area contributed by atoms with Crippen molar-refractivity contribution < 1.29 is 4.74 Å². The summed E-state index contributed by atoms with van der Waals surface area (Å²) in [6.45, 7) is 2.51. The van der Waals surface area contributed by atoms with E-state index in [2.05, 4.69) is 4.98 Å². The number of nitrogens with zero attached hydrogens (tertiary/aromatic N) is 1. The second kappa shape index (κ2) is 4.53. The van der Waals surface area contributed by atoms with Crippen molar-refractivity contribution in [3.05, 3.63) is 23.9 Å². The average Bonchev–Trinajstić information content (AvgIpc) is 2.06. The molecule has 12 heavy (non-hydrogen) atoms. The van der Waals surface area contributed by atoms with E-state index in [1.165, 1.54) is 0 Å². The van der Waals surface area contributed by atoms with Crippen LogP contribution in [0.1, 0.15) is 17.3 Å². The first kappa shape index (κ1) is 9.62. The summed E-state index contributed by atoms with van der Waals surface area (Å²) in [6, 6.07) is 3.54. The van der Waals surface area contributed by atoms with E-state index in [1.54, 1.807) is 18.3 Å². The molecule has 0 radical (unpaired) electrons. The van der Waals surface area contributed by atoms with Crippen LogP contribution in [0.2, 0.25) is 0 Å². The number of pyridine rings is 1. The third-order valence-corrected chi connectivity index (χ3v) is 1.81. The molecule has 0 N–H and O–H groups in total. The summed E-state index contributed by atoms with van der Waals surface area (Å²) in [6.07, 6.45) is 1.61. The van der Waals surface area contributed by atoms with Gasteiger partial charge in [-0.3, -0.25) is 0 Å². The molecule has 4 heteroatoms. The van der Waals surface area contributed by atoms with Crippen LogP contribution < -0.4 is 4.74 Å². The molecule has 0 aliphatic heterocycles. The fourth-order valence-electron chi connectivity index (χ4n) is 0.754. The monoisotopic (exact) mass is 205 g/mol. The molecule has 0 saturated carbocycles. The van der Waals surface area contributed by atoms with Gasteiger partial charge in [-0.2, -0.15) is 0 Å². The number of hydrogen-bond donors (Lipinski definition) is 0. The Morgan fingerprint density at radius 1 is 1.50 bits per heavy atom. The highest BCUT2D eigenvalue weighted by Crippen LogP contribution is 2.24. The van der Waals surface area contributed by atoms with Gasteiger partial charge in [0.05, 0.1) is 6.61 Å². The number of rotatable bonds is 3. The van der Waals surface area contributed by atoms with Crippen LogP contribution in [-0.4, -0.2) is 11.6 Å². The molecule has 0 bridgehead atoms. The van der Waals surface area contributed by atoms with Gasteiger partial charge in [-0.25, -0.2) is 4.98 Å². The summed E-state index contributed by atoms with van der Waals surface area (Å²) < 4.78 is 5.14. The fraction of sp³-hybridized carbons (Fsp3) is 0.375. The Morgan fingerprint density at radius 2 is 2.25 bits per heavy atom. The Hall–Kier alpha value is -0.470. The van der Waals surface area contributed by atoms with Crippen molar-refractivity contribution in [3.63, 3.8) is 0 Å². The topological polar surface area (TPSA) is 22.1 Å². The van der Waals surface area contributed by atoms with Gasteiger partial charge in [0.1, 0.15) is 4.84 Å². The van der Waals surface area contributed by atoms with E-state index in [9.17, 15) is 0 Å². The molecular weight excluding hydrogens is 197 g/mol. The minimum absolute atomic E-state index is 0.520. The summed E-state index contributed by atoms with van der Waals surface area (Å²) >= 11 is 11.2. The second-order valence-corrected chi connectivity index (χ2v) is 3.26. The molecular formula is C8H9Cl2NO. The van der Waals surface area contributed by atoms with Crippen LogP contribution in [0.25, 0.3) is 0 Å². The van der Waals surface area contributed by atoms with Crippen molar-refractivity contribution in [1.29, 1.82) is 0 Å². The van der Waals surface area contributed by atoms with E-state index in [4.69, 9.17) is 27.9 Å². The number of aromatic nitrogens is 1. The molecule has 0 aliphatic rings. The predicted molar refractivity (Wildman–Crippen MR) is 49.9 cm³/mol. The van der Waals surface area contributed by atoms with Gasteiger partial charge < -0.3 is 4.74 Å². The van der Waals surface area contributed by atoms with Crippen molar-refractivity contribution in [1.82, 2.24) is 4.98 Å². The SMILES string of the molecule is CCOc1ccc(C(Cl)Cl)cn1. The molecule has 0 aliphatic carbocycles. The van der Waals surface area contributed by atoms with Crippen LogP contribution in [0, 0.1) is 0 Å². The highest BCUT2D eigenvalue weighted by Gasteiger charge is 2.03. The molecule has 0 unspecified atom stereocenters. The first-order chi connectivity index (χ1) is 5.74. The smallest absolute Gasteiger partial charge is 0.213 e. The van der Waals surface area contributed by atoms with E-state index in [0.717, 1.165) is 5.56 Å². The van der Waals surface area contributed by atoms with Crippen LogP contribution >= 0.6 is 23.2 Å². The first-order valence-corrected chi connectivity index (χ1v) is 4.48. The third-order valence-electron chi connectivity index (χ3n) is 1.30. The fourth-order valence-corrected chi connectivity index (χ4v) is 1.01. The van der Waals surface area contributed by atoms with E-state index in [0.29, 0.717) is 12.5 Å². The van der Waals surface area contributed by atoms with Gasteiger partial charge in [0.25, 0.3) is 0 Å². The van der Waals surface area contributed by atoms with E-state index in [-0.39, 0.29) is 0 Å². The number of hydrogen-bond acceptors (Lipinski definition) is 2. The number of ether oxygens (including phenoxy) is 1. The number of alkyl halides is 2. The first-order valence-electron chi connectivity index (χ1n) is 3.61.